The van der Waals surface area contributed by atoms with Gasteiger partial charge in [-0.2, -0.15) is 0 Å². The third kappa shape index (κ3) is 1.76. The minimum atomic E-state index is 0.355. The van der Waals surface area contributed by atoms with Crippen LogP contribution in [0.4, 0.5) is 0 Å². The lowest BCUT2D eigenvalue weighted by atomic mass is 10.0. The second-order valence-electron chi connectivity index (χ2n) is 5.00. The van der Waals surface area contributed by atoms with Crippen molar-refractivity contribution in [3.05, 3.63) is 35.2 Å². The zero-order chi connectivity index (χ0) is 11.1. The van der Waals surface area contributed by atoms with Crippen LogP contribution in [-0.2, 0) is 6.42 Å². The smallest absolute Gasteiger partial charge is 0.0345 e. The Balaban J connectivity index is 1.83. The molecule has 0 amide bonds. The van der Waals surface area contributed by atoms with E-state index in [2.05, 4.69) is 36.6 Å². The van der Waals surface area contributed by atoms with Crippen molar-refractivity contribution in [2.24, 2.45) is 17.6 Å². The average Bonchev–Trinajstić information content (AvgIpc) is 2.89. The summed E-state index contributed by atoms with van der Waals surface area (Å²) in [7, 11) is 0. The Hall–Kier alpha value is -0.860. The van der Waals surface area contributed by atoms with Crippen LogP contribution in [0.15, 0.2) is 29.6 Å². The summed E-state index contributed by atoms with van der Waals surface area (Å²) in [6.07, 6.45) is 2.36. The highest BCUT2D eigenvalue weighted by Gasteiger charge is 2.37. The van der Waals surface area contributed by atoms with Gasteiger partial charge < -0.3 is 5.73 Å². The van der Waals surface area contributed by atoms with Crippen molar-refractivity contribution in [2.45, 2.75) is 25.8 Å². The van der Waals surface area contributed by atoms with Gasteiger partial charge in [0.25, 0.3) is 0 Å². The zero-order valence-electron chi connectivity index (χ0n) is 9.52. The largest absolute Gasteiger partial charge is 0.327 e. The molecule has 16 heavy (non-hydrogen) atoms. The van der Waals surface area contributed by atoms with Gasteiger partial charge in [-0.15, -0.1) is 11.3 Å². The SMILES string of the molecule is CC1CC1C(N)Cc1csc2ccccc12. The summed E-state index contributed by atoms with van der Waals surface area (Å²) < 4.78 is 1.38. The minimum Gasteiger partial charge on any atom is -0.327 e. The van der Waals surface area contributed by atoms with Gasteiger partial charge in [0.05, 0.1) is 0 Å². The first-order chi connectivity index (χ1) is 7.75. The molecular formula is C14H17NS. The Bertz CT molecular complexity index is 502. The van der Waals surface area contributed by atoms with E-state index in [1.54, 1.807) is 0 Å². The van der Waals surface area contributed by atoms with Gasteiger partial charge in [0.2, 0.25) is 0 Å². The molecule has 1 heterocycles. The van der Waals surface area contributed by atoms with Crippen LogP contribution >= 0.6 is 11.3 Å². The minimum absolute atomic E-state index is 0.355. The first-order valence-corrected chi connectivity index (χ1v) is 6.84. The summed E-state index contributed by atoms with van der Waals surface area (Å²) in [5.41, 5.74) is 7.69. The van der Waals surface area contributed by atoms with Crippen molar-refractivity contribution in [3.63, 3.8) is 0 Å². The molecule has 1 saturated carbocycles. The molecular weight excluding hydrogens is 214 g/mol. The highest BCUT2D eigenvalue weighted by Crippen LogP contribution is 2.41. The Kier molecular flexibility index (Phi) is 2.49. The van der Waals surface area contributed by atoms with Crippen molar-refractivity contribution >= 4 is 21.4 Å². The van der Waals surface area contributed by atoms with Crippen LogP contribution in [0.25, 0.3) is 10.1 Å². The quantitative estimate of drug-likeness (QED) is 0.860. The lowest BCUT2D eigenvalue weighted by Gasteiger charge is -2.09. The molecule has 3 atom stereocenters. The maximum Gasteiger partial charge on any atom is 0.0345 e. The van der Waals surface area contributed by atoms with Gasteiger partial charge in [-0.3, -0.25) is 0 Å². The first kappa shape index (κ1) is 10.3. The van der Waals surface area contributed by atoms with E-state index in [1.807, 2.05) is 11.3 Å². The third-order valence-corrected chi connectivity index (χ3v) is 4.75. The van der Waals surface area contributed by atoms with Crippen molar-refractivity contribution in [3.8, 4) is 0 Å². The zero-order valence-corrected chi connectivity index (χ0v) is 10.3. The molecule has 3 unspecified atom stereocenters. The third-order valence-electron chi connectivity index (χ3n) is 3.74. The second-order valence-corrected chi connectivity index (χ2v) is 5.91. The molecule has 2 heteroatoms. The lowest BCUT2D eigenvalue weighted by molar-refractivity contribution is 0.562. The van der Waals surface area contributed by atoms with Crippen molar-refractivity contribution in [2.75, 3.05) is 0 Å². The van der Waals surface area contributed by atoms with Crippen molar-refractivity contribution in [1.82, 2.24) is 0 Å². The molecule has 0 saturated heterocycles. The molecule has 0 radical (unpaired) electrons. The van der Waals surface area contributed by atoms with E-state index in [-0.39, 0.29) is 0 Å². The van der Waals surface area contributed by atoms with Crippen LogP contribution in [0, 0.1) is 11.8 Å². The average molecular weight is 231 g/mol. The van der Waals surface area contributed by atoms with E-state index in [9.17, 15) is 0 Å². The van der Waals surface area contributed by atoms with Gasteiger partial charge in [0.15, 0.2) is 0 Å². The second kappa shape index (κ2) is 3.86. The van der Waals surface area contributed by atoms with Crippen molar-refractivity contribution in [1.29, 1.82) is 0 Å². The predicted octanol–water partition coefficient (Wildman–Crippen LogP) is 3.43. The maximum absolute atomic E-state index is 6.26. The molecule has 2 N–H and O–H groups in total. The molecule has 1 nitrogen and oxygen atoms in total. The first-order valence-electron chi connectivity index (χ1n) is 5.96. The number of nitrogens with two attached hydrogens (primary N) is 1. The summed E-state index contributed by atoms with van der Waals surface area (Å²) in [5.74, 6) is 1.61. The number of thiophene rings is 1. The van der Waals surface area contributed by atoms with E-state index in [0.717, 1.165) is 18.3 Å². The molecule has 1 aromatic carbocycles. The maximum atomic E-state index is 6.26. The number of hydrogen-bond acceptors (Lipinski definition) is 2. The molecule has 1 fully saturated rings. The fourth-order valence-corrected chi connectivity index (χ4v) is 3.52. The van der Waals surface area contributed by atoms with Crippen molar-refractivity contribution < 1.29 is 0 Å². The van der Waals surface area contributed by atoms with Crippen LogP contribution in [0.1, 0.15) is 18.9 Å². The Morgan fingerprint density at radius 2 is 2.19 bits per heavy atom. The number of benzene rings is 1. The molecule has 2 aromatic rings. The Morgan fingerprint density at radius 1 is 1.44 bits per heavy atom. The molecule has 0 aliphatic heterocycles. The number of fused-ring (bicyclic) bond motifs is 1. The van der Waals surface area contributed by atoms with Gasteiger partial charge >= 0.3 is 0 Å². The van der Waals surface area contributed by atoms with E-state index in [0.29, 0.717) is 6.04 Å². The standard InChI is InChI=1S/C14H17NS/c1-9-6-12(9)13(15)7-10-8-16-14-5-3-2-4-11(10)14/h2-5,8-9,12-13H,6-7,15H2,1H3. The fraction of sp³-hybridized carbons (Fsp3) is 0.429. The summed E-state index contributed by atoms with van der Waals surface area (Å²) >= 11 is 1.83. The summed E-state index contributed by atoms with van der Waals surface area (Å²) in [6, 6.07) is 8.97. The monoisotopic (exact) mass is 231 g/mol. The van der Waals surface area contributed by atoms with E-state index < -0.39 is 0 Å². The molecule has 3 rings (SSSR count). The topological polar surface area (TPSA) is 26.0 Å². The highest BCUT2D eigenvalue weighted by atomic mass is 32.1. The van der Waals surface area contributed by atoms with Gasteiger partial charge in [-0.05, 0) is 47.1 Å². The van der Waals surface area contributed by atoms with E-state index in [1.165, 1.54) is 22.1 Å². The highest BCUT2D eigenvalue weighted by molar-refractivity contribution is 7.17. The molecule has 0 spiro atoms. The summed E-state index contributed by atoms with van der Waals surface area (Å²) in [4.78, 5) is 0. The normalized spacial score (nSPS) is 25.9. The van der Waals surface area contributed by atoms with Crippen LogP contribution < -0.4 is 5.73 Å². The Morgan fingerprint density at radius 3 is 2.94 bits per heavy atom. The molecule has 1 aliphatic rings. The predicted molar refractivity (Wildman–Crippen MR) is 70.8 cm³/mol. The number of rotatable bonds is 3. The van der Waals surface area contributed by atoms with Gasteiger partial charge in [-0.1, -0.05) is 25.1 Å². The van der Waals surface area contributed by atoms with Gasteiger partial charge in [0.1, 0.15) is 0 Å². The molecule has 84 valence electrons. The van der Waals surface area contributed by atoms with Crippen LogP contribution in [0.5, 0.6) is 0 Å². The molecule has 1 aliphatic carbocycles. The van der Waals surface area contributed by atoms with Crippen LogP contribution in [-0.4, -0.2) is 6.04 Å². The lowest BCUT2D eigenvalue weighted by Crippen LogP contribution is -2.25. The molecule has 1 aromatic heterocycles. The molecule has 0 bridgehead atoms. The van der Waals surface area contributed by atoms with Crippen LogP contribution in [0.2, 0.25) is 0 Å². The summed E-state index contributed by atoms with van der Waals surface area (Å²) in [5, 5.41) is 3.67. The Labute approximate surface area is 100 Å². The van der Waals surface area contributed by atoms with Gasteiger partial charge in [-0.25, -0.2) is 0 Å². The fourth-order valence-electron chi connectivity index (χ4n) is 2.54. The van der Waals surface area contributed by atoms with E-state index in [4.69, 9.17) is 5.73 Å². The van der Waals surface area contributed by atoms with E-state index >= 15 is 0 Å². The van der Waals surface area contributed by atoms with Gasteiger partial charge in [0, 0.05) is 10.7 Å². The summed E-state index contributed by atoms with van der Waals surface area (Å²) in [6.45, 7) is 2.30. The number of hydrogen-bond donors (Lipinski definition) is 1. The van der Waals surface area contributed by atoms with Crippen LogP contribution in [0.3, 0.4) is 0 Å².